The van der Waals surface area contributed by atoms with Crippen LogP contribution in [0.5, 0.6) is 0 Å². The minimum absolute atomic E-state index is 0.136. The van der Waals surface area contributed by atoms with Gasteiger partial charge in [-0.15, -0.1) is 0 Å². The molecule has 0 saturated carbocycles. The maximum atomic E-state index is 13.1. The Morgan fingerprint density at radius 3 is 1.33 bits per heavy atom. The maximum Gasteiger partial charge on any atom is 0.220 e. The second kappa shape index (κ2) is 49.7. The van der Waals surface area contributed by atoms with E-state index in [-0.39, 0.29) is 12.5 Å². The Morgan fingerprint density at radius 2 is 0.899 bits per heavy atom. The monoisotopic (exact) mass is 974 g/mol. The Kier molecular flexibility index (Phi) is 47.0. The average Bonchev–Trinajstić information content (AvgIpc) is 3.35. The van der Waals surface area contributed by atoms with Crippen LogP contribution in [-0.2, 0) is 14.3 Å². The summed E-state index contributed by atoms with van der Waals surface area (Å²) in [5.74, 6) is -0.142. The summed E-state index contributed by atoms with van der Waals surface area (Å²) < 4.78 is 11.3. The molecule has 0 aromatic carbocycles. The first-order valence-electron chi connectivity index (χ1n) is 29.3. The fourth-order valence-corrected chi connectivity index (χ4v) is 9.33. The molecule has 1 aliphatic heterocycles. The molecule has 9 nitrogen and oxygen atoms in total. The molecule has 1 fully saturated rings. The number of hydrogen-bond acceptors (Lipinski definition) is 8. The molecule has 0 aromatic rings. The van der Waals surface area contributed by atoms with Gasteiger partial charge in [0.05, 0.1) is 25.4 Å². The van der Waals surface area contributed by atoms with E-state index in [9.17, 15) is 30.3 Å². The van der Waals surface area contributed by atoms with E-state index in [2.05, 4.69) is 67.8 Å². The molecule has 7 atom stereocenters. The van der Waals surface area contributed by atoms with Crippen molar-refractivity contribution in [2.75, 3.05) is 13.2 Å². The van der Waals surface area contributed by atoms with Crippen molar-refractivity contribution in [3.63, 3.8) is 0 Å². The van der Waals surface area contributed by atoms with E-state index in [1.54, 1.807) is 0 Å². The first kappa shape index (κ1) is 65.2. The summed E-state index contributed by atoms with van der Waals surface area (Å²) in [6.45, 7) is 3.75. The highest BCUT2D eigenvalue weighted by atomic mass is 16.7. The van der Waals surface area contributed by atoms with Gasteiger partial charge >= 0.3 is 0 Å². The van der Waals surface area contributed by atoms with Gasteiger partial charge in [-0.2, -0.15) is 0 Å². The lowest BCUT2D eigenvalue weighted by atomic mass is 9.99. The van der Waals surface area contributed by atoms with E-state index >= 15 is 0 Å². The van der Waals surface area contributed by atoms with Crippen LogP contribution in [0.1, 0.15) is 271 Å². The highest BCUT2D eigenvalue weighted by Crippen LogP contribution is 2.23. The van der Waals surface area contributed by atoms with Gasteiger partial charge < -0.3 is 40.3 Å². The summed E-state index contributed by atoms with van der Waals surface area (Å²) in [6.07, 6.45) is 58.5. The molecule has 69 heavy (non-hydrogen) atoms. The van der Waals surface area contributed by atoms with Crippen LogP contribution in [0.25, 0.3) is 0 Å². The molecule has 0 aliphatic carbocycles. The Bertz CT molecular complexity index is 1220. The van der Waals surface area contributed by atoms with Crippen LogP contribution in [0.4, 0.5) is 0 Å². The molecular formula is C60H111NO8. The number of carbonyl (C=O) groups is 1. The molecule has 1 amide bonds. The van der Waals surface area contributed by atoms with Crippen molar-refractivity contribution >= 4 is 5.91 Å². The van der Waals surface area contributed by atoms with Crippen molar-refractivity contribution in [1.29, 1.82) is 0 Å². The number of unbranched alkanes of at least 4 members (excludes halogenated alkanes) is 32. The van der Waals surface area contributed by atoms with Gasteiger partial charge in [-0.1, -0.05) is 262 Å². The standard InChI is InChI=1S/C60H111NO8/c1-3-5-7-9-11-13-15-17-19-21-22-23-24-25-26-27-28-29-30-31-32-34-36-38-40-42-44-46-48-50-56(64)61-53(52-68-60-59(67)58(66)57(65)55(51-62)69-60)54(63)49-47-45-43-41-39-37-35-33-20-18-16-14-12-10-8-6-4-2/h5,7,11,13,17,19,22-23,53-55,57-60,62-63,65-67H,3-4,6,8-10,12,14-16,18,20-21,24-52H2,1-2H3,(H,61,64)/b7-5-,13-11-,19-17-,23-22-. The molecule has 1 rings (SSSR count). The normalized spacial score (nSPS) is 19.8. The summed E-state index contributed by atoms with van der Waals surface area (Å²) >= 11 is 0. The third-order valence-electron chi connectivity index (χ3n) is 13.9. The smallest absolute Gasteiger partial charge is 0.220 e. The van der Waals surface area contributed by atoms with Crippen LogP contribution in [0, 0.1) is 0 Å². The molecule has 1 aliphatic rings. The second-order valence-corrected chi connectivity index (χ2v) is 20.4. The van der Waals surface area contributed by atoms with Crippen molar-refractivity contribution in [2.24, 2.45) is 0 Å². The fraction of sp³-hybridized carbons (Fsp3) is 0.850. The van der Waals surface area contributed by atoms with E-state index in [0.29, 0.717) is 12.8 Å². The van der Waals surface area contributed by atoms with Gasteiger partial charge in [-0.05, 0) is 51.4 Å². The SMILES string of the molecule is CC/C=C\C/C=C\C/C=C\C/C=C\CCCCCCCCCCCCCCCCCCC(=O)NC(COC1OC(CO)C(O)C(O)C1O)C(O)CCCCCCCCCCCCCCCCCCC. The first-order valence-corrected chi connectivity index (χ1v) is 29.3. The zero-order valence-corrected chi connectivity index (χ0v) is 44.8. The lowest BCUT2D eigenvalue weighted by Gasteiger charge is -2.40. The summed E-state index contributed by atoms with van der Waals surface area (Å²) in [5.41, 5.74) is 0. The molecule has 404 valence electrons. The van der Waals surface area contributed by atoms with Crippen molar-refractivity contribution in [3.8, 4) is 0 Å². The van der Waals surface area contributed by atoms with Crippen molar-refractivity contribution in [3.05, 3.63) is 48.6 Å². The topological polar surface area (TPSA) is 149 Å². The number of aliphatic hydroxyl groups is 5. The van der Waals surface area contributed by atoms with Gasteiger partial charge in [0.15, 0.2) is 6.29 Å². The van der Waals surface area contributed by atoms with Crippen LogP contribution in [-0.4, -0.2) is 87.5 Å². The predicted octanol–water partition coefficient (Wildman–Crippen LogP) is 14.5. The van der Waals surface area contributed by atoms with Crippen LogP contribution in [0.2, 0.25) is 0 Å². The number of allylic oxidation sites excluding steroid dienone is 8. The van der Waals surface area contributed by atoms with Crippen molar-refractivity contribution in [2.45, 2.75) is 314 Å². The van der Waals surface area contributed by atoms with E-state index < -0.39 is 49.5 Å². The summed E-state index contributed by atoms with van der Waals surface area (Å²) in [7, 11) is 0. The summed E-state index contributed by atoms with van der Waals surface area (Å²) in [5, 5.41) is 54.7. The van der Waals surface area contributed by atoms with Gasteiger partial charge in [0.1, 0.15) is 24.4 Å². The lowest BCUT2D eigenvalue weighted by Crippen LogP contribution is -2.60. The third-order valence-corrected chi connectivity index (χ3v) is 13.9. The molecule has 0 bridgehead atoms. The molecule has 1 saturated heterocycles. The Hall–Kier alpha value is -1.85. The Labute approximate surface area is 424 Å². The van der Waals surface area contributed by atoms with E-state index in [1.165, 1.54) is 180 Å². The predicted molar refractivity (Wildman–Crippen MR) is 290 cm³/mol. The number of nitrogens with one attached hydrogen (secondary N) is 1. The molecule has 6 N–H and O–H groups in total. The zero-order valence-electron chi connectivity index (χ0n) is 44.8. The summed E-state index contributed by atoms with van der Waals surface area (Å²) in [4.78, 5) is 13.1. The molecule has 9 heteroatoms. The summed E-state index contributed by atoms with van der Waals surface area (Å²) in [6, 6.07) is -0.719. The fourth-order valence-electron chi connectivity index (χ4n) is 9.33. The largest absolute Gasteiger partial charge is 0.394 e. The quantitative estimate of drug-likeness (QED) is 0.0261. The Balaban J connectivity index is 2.16. The zero-order chi connectivity index (χ0) is 50.1. The van der Waals surface area contributed by atoms with Gasteiger partial charge in [0.25, 0.3) is 0 Å². The van der Waals surface area contributed by atoms with Crippen LogP contribution in [0.15, 0.2) is 48.6 Å². The van der Waals surface area contributed by atoms with Gasteiger partial charge in [-0.25, -0.2) is 0 Å². The number of ether oxygens (including phenoxy) is 2. The second-order valence-electron chi connectivity index (χ2n) is 20.4. The van der Waals surface area contributed by atoms with Gasteiger partial charge in [-0.3, -0.25) is 4.79 Å². The van der Waals surface area contributed by atoms with Crippen LogP contribution in [0.3, 0.4) is 0 Å². The molecule has 0 spiro atoms. The van der Waals surface area contributed by atoms with E-state index in [0.717, 1.165) is 64.2 Å². The molecular weight excluding hydrogens is 863 g/mol. The molecule has 0 radical (unpaired) electrons. The molecule has 1 heterocycles. The highest BCUT2D eigenvalue weighted by molar-refractivity contribution is 5.76. The lowest BCUT2D eigenvalue weighted by molar-refractivity contribution is -0.302. The maximum absolute atomic E-state index is 13.1. The number of aliphatic hydroxyl groups excluding tert-OH is 5. The molecule has 7 unspecified atom stereocenters. The van der Waals surface area contributed by atoms with Crippen molar-refractivity contribution < 1.29 is 39.8 Å². The van der Waals surface area contributed by atoms with Crippen LogP contribution >= 0.6 is 0 Å². The number of amides is 1. The van der Waals surface area contributed by atoms with Gasteiger partial charge in [0.2, 0.25) is 5.91 Å². The van der Waals surface area contributed by atoms with Crippen LogP contribution < -0.4 is 5.32 Å². The number of carbonyl (C=O) groups excluding carboxylic acids is 1. The highest BCUT2D eigenvalue weighted by Gasteiger charge is 2.44. The number of rotatable bonds is 50. The minimum atomic E-state index is -1.55. The minimum Gasteiger partial charge on any atom is -0.394 e. The van der Waals surface area contributed by atoms with E-state index in [1.807, 2.05) is 0 Å². The molecule has 0 aromatic heterocycles. The first-order chi connectivity index (χ1) is 33.8. The average molecular weight is 975 g/mol. The Morgan fingerprint density at radius 1 is 0.507 bits per heavy atom. The van der Waals surface area contributed by atoms with Gasteiger partial charge in [0, 0.05) is 6.42 Å². The third kappa shape index (κ3) is 39.4. The van der Waals surface area contributed by atoms with Crippen molar-refractivity contribution in [1.82, 2.24) is 5.32 Å². The van der Waals surface area contributed by atoms with E-state index in [4.69, 9.17) is 9.47 Å². The number of hydrogen-bond donors (Lipinski definition) is 6.